The summed E-state index contributed by atoms with van der Waals surface area (Å²) in [6.45, 7) is 0.364. The Morgan fingerprint density at radius 3 is 2.20 bits per heavy atom. The summed E-state index contributed by atoms with van der Waals surface area (Å²) < 4.78 is 29.8. The maximum atomic E-state index is 13.0. The third-order valence-corrected chi connectivity index (χ3v) is 4.25. The molecule has 0 bridgehead atoms. The number of ether oxygens (including phenoxy) is 3. The molecular formula is C24H22FNO4. The van der Waals surface area contributed by atoms with Crippen LogP contribution in [-0.2, 0) is 11.4 Å². The molecule has 0 heterocycles. The Balaban J connectivity index is 1.74. The quantitative estimate of drug-likeness (QED) is 0.530. The van der Waals surface area contributed by atoms with Crippen LogP contribution in [0, 0.1) is 5.82 Å². The molecule has 0 aliphatic carbocycles. The normalized spacial score (nSPS) is 10.6. The SMILES string of the molecule is COc1cc(C=CC(=O)Nc2ccc(F)cc2)cc(OC)c1OCc1ccccc1. The lowest BCUT2D eigenvalue weighted by molar-refractivity contribution is -0.111. The van der Waals surface area contributed by atoms with Gasteiger partial charge in [-0.1, -0.05) is 30.3 Å². The molecule has 0 radical (unpaired) electrons. The summed E-state index contributed by atoms with van der Waals surface area (Å²) in [5.41, 5.74) is 2.22. The maximum absolute atomic E-state index is 13.0. The number of methoxy groups -OCH3 is 2. The second kappa shape index (κ2) is 10.1. The lowest BCUT2D eigenvalue weighted by atomic mass is 10.1. The number of halogens is 1. The Morgan fingerprint density at radius 2 is 1.60 bits per heavy atom. The van der Waals surface area contributed by atoms with Crippen molar-refractivity contribution in [2.24, 2.45) is 0 Å². The molecule has 6 heteroatoms. The Morgan fingerprint density at radius 1 is 0.967 bits per heavy atom. The van der Waals surface area contributed by atoms with E-state index in [9.17, 15) is 9.18 Å². The molecule has 5 nitrogen and oxygen atoms in total. The van der Waals surface area contributed by atoms with E-state index in [1.165, 1.54) is 30.3 Å². The number of carbonyl (C=O) groups excluding carboxylic acids is 1. The van der Waals surface area contributed by atoms with Crippen LogP contribution >= 0.6 is 0 Å². The second-order valence-corrected chi connectivity index (χ2v) is 6.36. The monoisotopic (exact) mass is 407 g/mol. The van der Waals surface area contributed by atoms with Gasteiger partial charge in [-0.15, -0.1) is 0 Å². The highest BCUT2D eigenvalue weighted by Crippen LogP contribution is 2.39. The van der Waals surface area contributed by atoms with Gasteiger partial charge in [0.25, 0.3) is 0 Å². The van der Waals surface area contributed by atoms with Gasteiger partial charge in [-0.2, -0.15) is 0 Å². The average molecular weight is 407 g/mol. The number of anilines is 1. The van der Waals surface area contributed by atoms with Crippen molar-refractivity contribution in [3.8, 4) is 17.2 Å². The number of amides is 1. The van der Waals surface area contributed by atoms with Crippen molar-refractivity contribution in [2.45, 2.75) is 6.61 Å². The molecule has 3 rings (SSSR count). The van der Waals surface area contributed by atoms with Gasteiger partial charge in [-0.05, 0) is 53.6 Å². The zero-order valence-electron chi connectivity index (χ0n) is 16.7. The molecule has 3 aromatic rings. The summed E-state index contributed by atoms with van der Waals surface area (Å²) in [6, 6.07) is 18.8. The minimum absolute atomic E-state index is 0.344. The summed E-state index contributed by atoms with van der Waals surface area (Å²) in [5.74, 6) is 0.755. The van der Waals surface area contributed by atoms with Crippen molar-refractivity contribution < 1.29 is 23.4 Å². The molecular weight excluding hydrogens is 385 g/mol. The molecule has 0 spiro atoms. The van der Waals surface area contributed by atoms with Gasteiger partial charge in [0.05, 0.1) is 14.2 Å². The van der Waals surface area contributed by atoms with Crippen molar-refractivity contribution >= 4 is 17.7 Å². The minimum atomic E-state index is -0.364. The number of hydrogen-bond acceptors (Lipinski definition) is 4. The fourth-order valence-electron chi connectivity index (χ4n) is 2.76. The van der Waals surface area contributed by atoms with Gasteiger partial charge in [-0.3, -0.25) is 4.79 Å². The van der Waals surface area contributed by atoms with Gasteiger partial charge in [0.15, 0.2) is 11.5 Å². The number of hydrogen-bond donors (Lipinski definition) is 1. The van der Waals surface area contributed by atoms with E-state index >= 15 is 0 Å². The summed E-state index contributed by atoms with van der Waals surface area (Å²) in [4.78, 5) is 12.1. The Kier molecular flexibility index (Phi) is 7.05. The molecule has 0 aliphatic rings. The first-order valence-electron chi connectivity index (χ1n) is 9.26. The molecule has 154 valence electrons. The number of rotatable bonds is 8. The zero-order chi connectivity index (χ0) is 21.3. The first-order valence-corrected chi connectivity index (χ1v) is 9.26. The van der Waals surface area contributed by atoms with Gasteiger partial charge in [0, 0.05) is 11.8 Å². The van der Waals surface area contributed by atoms with Crippen LogP contribution in [0.25, 0.3) is 6.08 Å². The number of nitrogens with one attached hydrogen (secondary N) is 1. The molecule has 0 unspecified atom stereocenters. The van der Waals surface area contributed by atoms with E-state index < -0.39 is 0 Å². The summed E-state index contributed by atoms with van der Waals surface area (Å²) in [6.07, 6.45) is 3.01. The van der Waals surface area contributed by atoms with E-state index in [0.29, 0.717) is 35.1 Å². The molecule has 0 aliphatic heterocycles. The van der Waals surface area contributed by atoms with E-state index in [2.05, 4.69) is 5.32 Å². The van der Waals surface area contributed by atoms with Crippen molar-refractivity contribution in [1.29, 1.82) is 0 Å². The minimum Gasteiger partial charge on any atom is -0.493 e. The number of carbonyl (C=O) groups is 1. The van der Waals surface area contributed by atoms with E-state index in [4.69, 9.17) is 14.2 Å². The van der Waals surface area contributed by atoms with E-state index in [1.54, 1.807) is 32.4 Å². The molecule has 1 amide bonds. The Bertz CT molecular complexity index is 992. The lowest BCUT2D eigenvalue weighted by Crippen LogP contribution is -2.07. The highest BCUT2D eigenvalue weighted by atomic mass is 19.1. The molecule has 30 heavy (non-hydrogen) atoms. The van der Waals surface area contributed by atoms with Crippen molar-refractivity contribution in [1.82, 2.24) is 0 Å². The van der Waals surface area contributed by atoms with Crippen LogP contribution in [0.15, 0.2) is 72.8 Å². The molecule has 0 fully saturated rings. The van der Waals surface area contributed by atoms with Gasteiger partial charge in [-0.25, -0.2) is 4.39 Å². The Hall–Kier alpha value is -3.80. The largest absolute Gasteiger partial charge is 0.493 e. The highest BCUT2D eigenvalue weighted by molar-refractivity contribution is 6.02. The van der Waals surface area contributed by atoms with Crippen LogP contribution in [0.5, 0.6) is 17.2 Å². The fraction of sp³-hybridized carbons (Fsp3) is 0.125. The second-order valence-electron chi connectivity index (χ2n) is 6.36. The highest BCUT2D eigenvalue weighted by Gasteiger charge is 2.14. The van der Waals surface area contributed by atoms with Crippen molar-refractivity contribution in [3.63, 3.8) is 0 Å². The van der Waals surface area contributed by atoms with Gasteiger partial charge in [0.1, 0.15) is 12.4 Å². The molecule has 0 saturated heterocycles. The summed E-state index contributed by atoms with van der Waals surface area (Å²) >= 11 is 0. The zero-order valence-corrected chi connectivity index (χ0v) is 16.7. The molecule has 0 saturated carbocycles. The first-order chi connectivity index (χ1) is 14.6. The number of benzene rings is 3. The third kappa shape index (κ3) is 5.61. The average Bonchev–Trinajstić information content (AvgIpc) is 2.78. The third-order valence-electron chi connectivity index (χ3n) is 4.25. The Labute approximate surface area is 174 Å². The van der Waals surface area contributed by atoms with Crippen LogP contribution in [0.3, 0.4) is 0 Å². The van der Waals surface area contributed by atoms with Gasteiger partial charge >= 0.3 is 0 Å². The molecule has 3 aromatic carbocycles. The molecule has 0 aromatic heterocycles. The van der Waals surface area contributed by atoms with Gasteiger partial charge in [0.2, 0.25) is 11.7 Å². The van der Waals surface area contributed by atoms with Crippen molar-refractivity contribution in [3.05, 3.63) is 89.8 Å². The smallest absolute Gasteiger partial charge is 0.248 e. The molecule has 1 N–H and O–H groups in total. The predicted octanol–water partition coefficient (Wildman–Crippen LogP) is 5.07. The summed E-state index contributed by atoms with van der Waals surface area (Å²) in [5, 5.41) is 2.67. The fourth-order valence-corrected chi connectivity index (χ4v) is 2.76. The van der Waals surface area contributed by atoms with Crippen molar-refractivity contribution in [2.75, 3.05) is 19.5 Å². The molecule has 0 atom stereocenters. The van der Waals surface area contributed by atoms with E-state index in [-0.39, 0.29) is 11.7 Å². The van der Waals surface area contributed by atoms with E-state index in [0.717, 1.165) is 5.56 Å². The van der Waals surface area contributed by atoms with Crippen LogP contribution in [0.4, 0.5) is 10.1 Å². The first kappa shape index (κ1) is 20.9. The lowest BCUT2D eigenvalue weighted by Gasteiger charge is -2.15. The standard InChI is InChI=1S/C24H22FNO4/c1-28-21-14-18(8-13-23(27)26-20-11-9-19(25)10-12-20)15-22(29-2)24(21)30-16-17-6-4-3-5-7-17/h3-15H,16H2,1-2H3,(H,26,27). The van der Waals surface area contributed by atoms with E-state index in [1.807, 2.05) is 30.3 Å². The van der Waals surface area contributed by atoms with Crippen LogP contribution < -0.4 is 19.5 Å². The van der Waals surface area contributed by atoms with Crippen LogP contribution in [0.1, 0.15) is 11.1 Å². The summed E-state index contributed by atoms with van der Waals surface area (Å²) in [7, 11) is 3.08. The van der Waals surface area contributed by atoms with Gasteiger partial charge < -0.3 is 19.5 Å². The topological polar surface area (TPSA) is 56.8 Å². The maximum Gasteiger partial charge on any atom is 0.248 e. The van der Waals surface area contributed by atoms with Crippen LogP contribution in [0.2, 0.25) is 0 Å². The van der Waals surface area contributed by atoms with Crippen LogP contribution in [-0.4, -0.2) is 20.1 Å². The predicted molar refractivity (Wildman–Crippen MR) is 114 cm³/mol.